The van der Waals surface area contributed by atoms with Crippen LogP contribution in [0, 0.1) is 12.8 Å². The molecule has 0 fully saturated rings. The summed E-state index contributed by atoms with van der Waals surface area (Å²) in [5.74, 6) is -0.0678. The second-order valence-corrected chi connectivity index (χ2v) is 5.19. The zero-order valence-electron chi connectivity index (χ0n) is 11.2. The number of aryl methyl sites for hydroxylation is 1. The summed E-state index contributed by atoms with van der Waals surface area (Å²) in [6.07, 6.45) is 2.08. The van der Waals surface area contributed by atoms with Gasteiger partial charge in [-0.15, -0.1) is 0 Å². The predicted octanol–water partition coefficient (Wildman–Crippen LogP) is 1.38. The lowest BCUT2D eigenvalue weighted by Crippen LogP contribution is -2.31. The molecule has 1 aromatic rings. The first-order valence-corrected chi connectivity index (χ1v) is 6.50. The van der Waals surface area contributed by atoms with E-state index < -0.39 is 0 Å². The van der Waals surface area contributed by atoms with Gasteiger partial charge in [0.1, 0.15) is 0 Å². The first-order chi connectivity index (χ1) is 8.50. The van der Waals surface area contributed by atoms with Crippen molar-refractivity contribution in [2.45, 2.75) is 46.7 Å². The van der Waals surface area contributed by atoms with Crippen LogP contribution in [0.5, 0.6) is 0 Å². The Bertz CT molecular complexity index is 529. The molecule has 2 rings (SSSR count). The summed E-state index contributed by atoms with van der Waals surface area (Å²) in [5, 5.41) is 2.82. The summed E-state index contributed by atoms with van der Waals surface area (Å²) in [5.41, 5.74) is 2.88. The Morgan fingerprint density at radius 2 is 2.22 bits per heavy atom. The van der Waals surface area contributed by atoms with Gasteiger partial charge in [-0.05, 0) is 19.8 Å². The molecule has 0 aliphatic carbocycles. The molecule has 1 aliphatic rings. The van der Waals surface area contributed by atoms with Crippen molar-refractivity contribution >= 4 is 5.91 Å². The third-order valence-electron chi connectivity index (χ3n) is 3.56. The molecule has 98 valence electrons. The maximum atomic E-state index is 12.0. The van der Waals surface area contributed by atoms with Gasteiger partial charge in [0.25, 0.3) is 0 Å². The molecule has 4 nitrogen and oxygen atoms in total. The Balaban J connectivity index is 2.24. The molecule has 0 unspecified atom stereocenters. The number of rotatable bonds is 3. The molecule has 0 atom stereocenters. The van der Waals surface area contributed by atoms with Crippen LogP contribution in [0.3, 0.4) is 0 Å². The Kier molecular flexibility index (Phi) is 3.55. The number of hydrogen-bond acceptors (Lipinski definition) is 2. The number of hydrogen-bond donors (Lipinski definition) is 1. The van der Waals surface area contributed by atoms with Crippen molar-refractivity contribution in [2.24, 2.45) is 5.92 Å². The van der Waals surface area contributed by atoms with Crippen molar-refractivity contribution in [3.05, 3.63) is 33.2 Å². The number of fused-ring (bicyclic) bond motifs is 1. The standard InChI is InChI=1S/C14H20N2O2/c1-9(2)14(18)15-8-12-10(3)16-6-4-5-11(16)7-13(12)17/h7,9H,4-6,8H2,1-3H3,(H,15,18). The molecule has 1 N–H and O–H groups in total. The van der Waals surface area contributed by atoms with Crippen LogP contribution in [0.15, 0.2) is 10.9 Å². The van der Waals surface area contributed by atoms with E-state index in [9.17, 15) is 9.59 Å². The number of carbonyl (C=O) groups excluding carboxylic acids is 1. The van der Waals surface area contributed by atoms with Crippen LogP contribution in [0.2, 0.25) is 0 Å². The van der Waals surface area contributed by atoms with E-state index in [-0.39, 0.29) is 17.3 Å². The van der Waals surface area contributed by atoms with Crippen molar-refractivity contribution in [2.75, 3.05) is 0 Å². The van der Waals surface area contributed by atoms with Gasteiger partial charge in [-0.1, -0.05) is 13.8 Å². The molecular formula is C14H20N2O2. The molecule has 0 radical (unpaired) electrons. The smallest absolute Gasteiger partial charge is 0.222 e. The fourth-order valence-corrected chi connectivity index (χ4v) is 2.40. The Morgan fingerprint density at radius 1 is 1.50 bits per heavy atom. The molecule has 4 heteroatoms. The zero-order valence-corrected chi connectivity index (χ0v) is 11.2. The monoisotopic (exact) mass is 248 g/mol. The summed E-state index contributed by atoms with van der Waals surface area (Å²) in [7, 11) is 0. The van der Waals surface area contributed by atoms with E-state index in [0.29, 0.717) is 6.54 Å². The van der Waals surface area contributed by atoms with Crippen LogP contribution >= 0.6 is 0 Å². The number of amides is 1. The van der Waals surface area contributed by atoms with Crippen LogP contribution in [0.1, 0.15) is 37.2 Å². The van der Waals surface area contributed by atoms with E-state index >= 15 is 0 Å². The number of nitrogens with one attached hydrogen (secondary N) is 1. The van der Waals surface area contributed by atoms with E-state index in [1.165, 1.54) is 0 Å². The van der Waals surface area contributed by atoms with Gasteiger partial charge < -0.3 is 9.88 Å². The van der Waals surface area contributed by atoms with Gasteiger partial charge in [-0.25, -0.2) is 0 Å². The minimum atomic E-state index is -0.0533. The van der Waals surface area contributed by atoms with Gasteiger partial charge in [0.2, 0.25) is 5.91 Å². The fraction of sp³-hybridized carbons (Fsp3) is 0.571. The zero-order chi connectivity index (χ0) is 13.3. The topological polar surface area (TPSA) is 51.1 Å². The Hall–Kier alpha value is -1.58. The molecule has 0 aromatic carbocycles. The molecular weight excluding hydrogens is 228 g/mol. The van der Waals surface area contributed by atoms with Crippen LogP contribution in [-0.4, -0.2) is 10.5 Å². The summed E-state index contributed by atoms with van der Waals surface area (Å²) < 4.78 is 2.19. The molecule has 0 spiro atoms. The van der Waals surface area contributed by atoms with Crippen LogP contribution in [0.4, 0.5) is 0 Å². The van der Waals surface area contributed by atoms with Crippen molar-refractivity contribution in [3.63, 3.8) is 0 Å². The van der Waals surface area contributed by atoms with Crippen LogP contribution in [0.25, 0.3) is 0 Å². The van der Waals surface area contributed by atoms with Gasteiger partial charge in [0.15, 0.2) is 5.43 Å². The highest BCUT2D eigenvalue weighted by Crippen LogP contribution is 2.17. The molecule has 2 heterocycles. The summed E-state index contributed by atoms with van der Waals surface area (Å²) in [6.45, 7) is 6.97. The molecule has 1 amide bonds. The number of carbonyl (C=O) groups is 1. The van der Waals surface area contributed by atoms with Gasteiger partial charge in [-0.3, -0.25) is 9.59 Å². The molecule has 0 saturated carbocycles. The quantitative estimate of drug-likeness (QED) is 0.878. The molecule has 0 saturated heterocycles. The fourth-order valence-electron chi connectivity index (χ4n) is 2.40. The molecule has 18 heavy (non-hydrogen) atoms. The van der Waals surface area contributed by atoms with E-state index in [0.717, 1.165) is 36.3 Å². The molecule has 0 bridgehead atoms. The van der Waals surface area contributed by atoms with Gasteiger partial charge >= 0.3 is 0 Å². The third kappa shape index (κ3) is 2.33. The predicted molar refractivity (Wildman–Crippen MR) is 70.4 cm³/mol. The maximum absolute atomic E-state index is 12.0. The average molecular weight is 248 g/mol. The second kappa shape index (κ2) is 4.96. The molecule has 1 aliphatic heterocycles. The van der Waals surface area contributed by atoms with Gasteiger partial charge in [0, 0.05) is 42.0 Å². The highest BCUT2D eigenvalue weighted by atomic mass is 16.1. The normalized spacial score (nSPS) is 13.8. The van der Waals surface area contributed by atoms with Gasteiger partial charge in [0.05, 0.1) is 0 Å². The minimum Gasteiger partial charge on any atom is -0.352 e. The Morgan fingerprint density at radius 3 is 2.89 bits per heavy atom. The molecule has 1 aromatic heterocycles. The highest BCUT2D eigenvalue weighted by molar-refractivity contribution is 5.77. The lowest BCUT2D eigenvalue weighted by Gasteiger charge is -2.14. The van der Waals surface area contributed by atoms with E-state index in [1.54, 1.807) is 6.07 Å². The largest absolute Gasteiger partial charge is 0.352 e. The van der Waals surface area contributed by atoms with Gasteiger partial charge in [-0.2, -0.15) is 0 Å². The van der Waals surface area contributed by atoms with Crippen molar-refractivity contribution in [3.8, 4) is 0 Å². The lowest BCUT2D eigenvalue weighted by atomic mass is 10.1. The SMILES string of the molecule is Cc1c(CNC(=O)C(C)C)c(=O)cc2n1CCC2. The third-order valence-corrected chi connectivity index (χ3v) is 3.56. The second-order valence-electron chi connectivity index (χ2n) is 5.19. The van der Waals surface area contributed by atoms with Crippen molar-refractivity contribution < 1.29 is 4.79 Å². The highest BCUT2D eigenvalue weighted by Gasteiger charge is 2.17. The van der Waals surface area contributed by atoms with Crippen LogP contribution in [-0.2, 0) is 24.3 Å². The van der Waals surface area contributed by atoms with Crippen LogP contribution < -0.4 is 10.7 Å². The summed E-state index contributed by atoms with van der Waals surface area (Å²) >= 11 is 0. The first-order valence-electron chi connectivity index (χ1n) is 6.50. The van der Waals surface area contributed by atoms with E-state index in [4.69, 9.17) is 0 Å². The lowest BCUT2D eigenvalue weighted by molar-refractivity contribution is -0.124. The van der Waals surface area contributed by atoms with Crippen molar-refractivity contribution in [1.82, 2.24) is 9.88 Å². The number of nitrogens with zero attached hydrogens (tertiary/aromatic N) is 1. The minimum absolute atomic E-state index is 0.0145. The van der Waals surface area contributed by atoms with Crippen molar-refractivity contribution in [1.29, 1.82) is 0 Å². The first kappa shape index (κ1) is 12.9. The Labute approximate surface area is 107 Å². The number of pyridine rings is 1. The summed E-state index contributed by atoms with van der Waals surface area (Å²) in [6, 6.07) is 1.72. The number of aromatic nitrogens is 1. The summed E-state index contributed by atoms with van der Waals surface area (Å²) in [4.78, 5) is 23.6. The maximum Gasteiger partial charge on any atom is 0.222 e. The van der Waals surface area contributed by atoms with E-state index in [1.807, 2.05) is 20.8 Å². The van der Waals surface area contributed by atoms with E-state index in [2.05, 4.69) is 9.88 Å². The average Bonchev–Trinajstić information content (AvgIpc) is 2.76.